The van der Waals surface area contributed by atoms with Crippen LogP contribution in [-0.4, -0.2) is 10.9 Å². The van der Waals surface area contributed by atoms with Crippen molar-refractivity contribution in [2.45, 2.75) is 6.54 Å². The molecule has 0 unspecified atom stereocenters. The summed E-state index contributed by atoms with van der Waals surface area (Å²) in [5.74, 6) is -0.0981. The molecule has 126 valence electrons. The molecule has 1 heterocycles. The van der Waals surface area contributed by atoms with E-state index in [2.05, 4.69) is 15.6 Å². The lowest BCUT2D eigenvalue weighted by molar-refractivity contribution is 0.0950. The molecule has 0 saturated carbocycles. The summed E-state index contributed by atoms with van der Waals surface area (Å²) in [4.78, 5) is 16.3. The summed E-state index contributed by atoms with van der Waals surface area (Å²) < 4.78 is 13.6. The third-order valence-electron chi connectivity index (χ3n) is 3.56. The summed E-state index contributed by atoms with van der Waals surface area (Å²) in [5, 5.41) is 6.33. The first-order valence-electron chi connectivity index (χ1n) is 7.63. The van der Waals surface area contributed by atoms with Gasteiger partial charge in [0, 0.05) is 18.3 Å². The van der Waals surface area contributed by atoms with Crippen molar-refractivity contribution in [1.29, 1.82) is 0 Å². The molecule has 0 aliphatic carbocycles. The van der Waals surface area contributed by atoms with Crippen molar-refractivity contribution >= 4 is 29.0 Å². The van der Waals surface area contributed by atoms with Gasteiger partial charge in [0.2, 0.25) is 0 Å². The number of halogens is 2. The third kappa shape index (κ3) is 4.33. The maximum Gasteiger partial charge on any atom is 0.253 e. The highest BCUT2D eigenvalue weighted by molar-refractivity contribution is 6.33. The van der Waals surface area contributed by atoms with Crippen LogP contribution in [0.4, 0.5) is 15.9 Å². The zero-order valence-corrected chi connectivity index (χ0v) is 13.9. The van der Waals surface area contributed by atoms with Gasteiger partial charge in [0.15, 0.2) is 0 Å². The van der Waals surface area contributed by atoms with E-state index in [0.29, 0.717) is 22.0 Å². The van der Waals surface area contributed by atoms with Crippen LogP contribution in [0.1, 0.15) is 15.9 Å². The molecule has 6 heteroatoms. The van der Waals surface area contributed by atoms with Crippen molar-refractivity contribution in [3.63, 3.8) is 0 Å². The Kier molecular flexibility index (Phi) is 5.26. The molecule has 0 spiro atoms. The fourth-order valence-electron chi connectivity index (χ4n) is 2.22. The van der Waals surface area contributed by atoms with Crippen LogP contribution in [-0.2, 0) is 6.54 Å². The number of pyridine rings is 1. The minimum atomic E-state index is -0.347. The van der Waals surface area contributed by atoms with Gasteiger partial charge in [-0.3, -0.25) is 4.79 Å². The Hall–Kier alpha value is -2.92. The normalized spacial score (nSPS) is 10.3. The monoisotopic (exact) mass is 355 g/mol. The van der Waals surface area contributed by atoms with Gasteiger partial charge in [-0.2, -0.15) is 0 Å². The first-order chi connectivity index (χ1) is 12.1. The average molecular weight is 356 g/mol. The molecule has 0 aliphatic rings. The van der Waals surface area contributed by atoms with E-state index >= 15 is 0 Å². The molecule has 0 saturated heterocycles. The summed E-state index contributed by atoms with van der Waals surface area (Å²) in [6, 6.07) is 16.9. The quantitative estimate of drug-likeness (QED) is 0.706. The van der Waals surface area contributed by atoms with Crippen molar-refractivity contribution in [1.82, 2.24) is 10.3 Å². The van der Waals surface area contributed by atoms with Gasteiger partial charge in [-0.15, -0.1) is 0 Å². The Labute approximate surface area is 149 Å². The molecule has 0 fully saturated rings. The van der Waals surface area contributed by atoms with Crippen LogP contribution in [0.2, 0.25) is 5.02 Å². The second kappa shape index (κ2) is 7.77. The standard InChI is InChI=1S/C19H15ClFN3O/c20-15-6-2-4-8-17(15)24-18-10-9-14(12-22-18)19(25)23-11-13-5-1-3-7-16(13)21/h1-10,12H,11H2,(H,22,24)(H,23,25). The number of amides is 1. The summed E-state index contributed by atoms with van der Waals surface area (Å²) in [7, 11) is 0. The molecule has 0 aliphatic heterocycles. The SMILES string of the molecule is O=C(NCc1ccccc1F)c1ccc(Nc2ccccc2Cl)nc1. The van der Waals surface area contributed by atoms with E-state index in [4.69, 9.17) is 11.6 Å². The number of hydrogen-bond donors (Lipinski definition) is 2. The fraction of sp³-hybridized carbons (Fsp3) is 0.0526. The number of para-hydroxylation sites is 1. The number of aromatic nitrogens is 1. The van der Waals surface area contributed by atoms with Crippen LogP contribution in [0, 0.1) is 5.82 Å². The Bertz CT molecular complexity index is 884. The number of nitrogens with zero attached hydrogens (tertiary/aromatic N) is 1. The van der Waals surface area contributed by atoms with Crippen molar-refractivity contribution < 1.29 is 9.18 Å². The molecular formula is C19H15ClFN3O. The predicted octanol–water partition coefficient (Wildman–Crippen LogP) is 4.55. The largest absolute Gasteiger partial charge is 0.348 e. The van der Waals surface area contributed by atoms with E-state index in [9.17, 15) is 9.18 Å². The van der Waals surface area contributed by atoms with E-state index in [0.717, 1.165) is 5.69 Å². The van der Waals surface area contributed by atoms with Crippen molar-refractivity contribution in [3.8, 4) is 0 Å². The summed E-state index contributed by atoms with van der Waals surface area (Å²) in [6.45, 7) is 0.116. The molecule has 0 atom stereocenters. The van der Waals surface area contributed by atoms with E-state index in [1.807, 2.05) is 18.2 Å². The van der Waals surface area contributed by atoms with E-state index < -0.39 is 0 Å². The first-order valence-corrected chi connectivity index (χ1v) is 8.00. The highest BCUT2D eigenvalue weighted by Crippen LogP contribution is 2.23. The fourth-order valence-corrected chi connectivity index (χ4v) is 2.40. The lowest BCUT2D eigenvalue weighted by atomic mass is 10.2. The average Bonchev–Trinajstić information content (AvgIpc) is 2.63. The highest BCUT2D eigenvalue weighted by Gasteiger charge is 2.08. The smallest absolute Gasteiger partial charge is 0.253 e. The van der Waals surface area contributed by atoms with Crippen LogP contribution in [0.25, 0.3) is 0 Å². The van der Waals surface area contributed by atoms with Gasteiger partial charge in [-0.25, -0.2) is 9.37 Å². The summed E-state index contributed by atoms with van der Waals surface area (Å²) in [5.41, 5.74) is 1.55. The molecule has 2 aromatic carbocycles. The van der Waals surface area contributed by atoms with Crippen molar-refractivity contribution in [2.24, 2.45) is 0 Å². The number of rotatable bonds is 5. The van der Waals surface area contributed by atoms with Crippen LogP contribution in [0.3, 0.4) is 0 Å². The van der Waals surface area contributed by atoms with Gasteiger partial charge in [-0.05, 0) is 30.3 Å². The van der Waals surface area contributed by atoms with Crippen LogP contribution < -0.4 is 10.6 Å². The molecule has 3 rings (SSSR count). The molecule has 1 amide bonds. The molecule has 4 nitrogen and oxygen atoms in total. The minimum Gasteiger partial charge on any atom is -0.348 e. The maximum atomic E-state index is 13.6. The minimum absolute atomic E-state index is 0.116. The molecule has 3 aromatic rings. The third-order valence-corrected chi connectivity index (χ3v) is 3.89. The molecule has 25 heavy (non-hydrogen) atoms. The van der Waals surface area contributed by atoms with Gasteiger partial charge >= 0.3 is 0 Å². The number of carbonyl (C=O) groups is 1. The molecule has 2 N–H and O–H groups in total. The van der Waals surface area contributed by atoms with Crippen LogP contribution >= 0.6 is 11.6 Å². The number of anilines is 2. The van der Waals surface area contributed by atoms with Gasteiger partial charge in [0.05, 0.1) is 16.3 Å². The van der Waals surface area contributed by atoms with E-state index in [-0.39, 0.29) is 18.3 Å². The lowest BCUT2D eigenvalue weighted by Gasteiger charge is -2.09. The van der Waals surface area contributed by atoms with Crippen LogP contribution in [0.15, 0.2) is 66.9 Å². The van der Waals surface area contributed by atoms with Crippen LogP contribution in [0.5, 0.6) is 0 Å². The zero-order valence-electron chi connectivity index (χ0n) is 13.2. The Morgan fingerprint density at radius 1 is 1.04 bits per heavy atom. The molecule has 0 bridgehead atoms. The first kappa shape index (κ1) is 16.9. The lowest BCUT2D eigenvalue weighted by Crippen LogP contribution is -2.23. The summed E-state index contributed by atoms with van der Waals surface area (Å²) >= 11 is 6.08. The zero-order chi connectivity index (χ0) is 17.6. The van der Waals surface area contributed by atoms with Gasteiger partial charge in [0.1, 0.15) is 11.6 Å². The molecular weight excluding hydrogens is 341 g/mol. The Morgan fingerprint density at radius 3 is 2.52 bits per heavy atom. The Morgan fingerprint density at radius 2 is 1.80 bits per heavy atom. The highest BCUT2D eigenvalue weighted by atomic mass is 35.5. The van der Waals surface area contributed by atoms with Crippen molar-refractivity contribution in [3.05, 3.63) is 88.8 Å². The van der Waals surface area contributed by atoms with E-state index in [1.165, 1.54) is 12.3 Å². The topological polar surface area (TPSA) is 54.0 Å². The van der Waals surface area contributed by atoms with Gasteiger partial charge in [0.25, 0.3) is 5.91 Å². The van der Waals surface area contributed by atoms with E-state index in [1.54, 1.807) is 36.4 Å². The number of benzene rings is 2. The summed E-state index contributed by atoms with van der Waals surface area (Å²) in [6.07, 6.45) is 1.45. The molecule has 1 aromatic heterocycles. The molecule has 0 radical (unpaired) electrons. The van der Waals surface area contributed by atoms with Gasteiger partial charge in [-0.1, -0.05) is 41.9 Å². The number of carbonyl (C=O) groups excluding carboxylic acids is 1. The second-order valence-corrected chi connectivity index (χ2v) is 5.72. The van der Waals surface area contributed by atoms with Crippen molar-refractivity contribution in [2.75, 3.05) is 5.32 Å². The number of hydrogen-bond acceptors (Lipinski definition) is 3. The number of nitrogens with one attached hydrogen (secondary N) is 2. The predicted molar refractivity (Wildman–Crippen MR) is 96.5 cm³/mol. The Balaban J connectivity index is 1.63. The van der Waals surface area contributed by atoms with Gasteiger partial charge < -0.3 is 10.6 Å². The second-order valence-electron chi connectivity index (χ2n) is 5.31. The maximum absolute atomic E-state index is 13.6.